The normalized spacial score (nSPS) is 15.4. The van der Waals surface area contributed by atoms with Crippen LogP contribution in [0.4, 0.5) is 0 Å². The largest absolute Gasteiger partial charge is 0.508 e. The van der Waals surface area contributed by atoms with Crippen molar-refractivity contribution < 1.29 is 10.2 Å². The van der Waals surface area contributed by atoms with E-state index in [1.54, 1.807) is 40.2 Å². The zero-order chi connectivity index (χ0) is 13.8. The Balaban J connectivity index is 3.19. The topological polar surface area (TPSA) is 76.5 Å². The van der Waals surface area contributed by atoms with Crippen molar-refractivity contribution in [3.05, 3.63) is 29.8 Å². The average molecular weight is 253 g/mol. The third kappa shape index (κ3) is 3.00. The number of nitrogens with one attached hydrogen (secondary N) is 3. The molecule has 5 heteroatoms. The number of rotatable bonds is 6. The predicted molar refractivity (Wildman–Crippen MR) is 72.2 cm³/mol. The molecule has 5 nitrogen and oxygen atoms in total. The van der Waals surface area contributed by atoms with Crippen LogP contribution in [0.25, 0.3) is 0 Å². The molecule has 5 N–H and O–H groups in total. The lowest BCUT2D eigenvalue weighted by molar-refractivity contribution is -0.0115. The van der Waals surface area contributed by atoms with Crippen LogP contribution < -0.4 is 16.0 Å². The van der Waals surface area contributed by atoms with Gasteiger partial charge >= 0.3 is 0 Å². The molecule has 1 unspecified atom stereocenters. The van der Waals surface area contributed by atoms with Crippen molar-refractivity contribution in [1.82, 2.24) is 16.0 Å². The molecule has 0 spiro atoms. The molecule has 0 aliphatic rings. The average Bonchev–Trinajstić information content (AvgIpc) is 2.37. The van der Waals surface area contributed by atoms with E-state index in [2.05, 4.69) is 16.0 Å². The summed E-state index contributed by atoms with van der Waals surface area (Å²) in [5.74, 6) is 0.188. The highest BCUT2D eigenvalue weighted by Crippen LogP contribution is 2.32. The fourth-order valence-corrected chi connectivity index (χ4v) is 2.11. The monoisotopic (exact) mass is 253 g/mol. The maximum absolute atomic E-state index is 10.2. The van der Waals surface area contributed by atoms with E-state index in [-0.39, 0.29) is 5.75 Å². The van der Waals surface area contributed by atoms with Crippen LogP contribution in [-0.4, -0.2) is 37.1 Å². The summed E-state index contributed by atoms with van der Waals surface area (Å²) in [6, 6.07) is 7.08. The Hall–Kier alpha value is -1.14. The number of benzene rings is 1. The first-order valence-corrected chi connectivity index (χ1v) is 5.98. The van der Waals surface area contributed by atoms with Gasteiger partial charge in [-0.2, -0.15) is 0 Å². The van der Waals surface area contributed by atoms with Gasteiger partial charge in [0.1, 0.15) is 17.1 Å². The third-order valence-electron chi connectivity index (χ3n) is 3.37. The first-order chi connectivity index (χ1) is 8.40. The van der Waals surface area contributed by atoms with Gasteiger partial charge in [0, 0.05) is 12.0 Å². The Morgan fingerprint density at radius 1 is 1.06 bits per heavy atom. The zero-order valence-electron chi connectivity index (χ0n) is 11.4. The van der Waals surface area contributed by atoms with Gasteiger partial charge in [0.25, 0.3) is 0 Å². The number of para-hydroxylation sites is 1. The van der Waals surface area contributed by atoms with Gasteiger partial charge in [0.2, 0.25) is 0 Å². The van der Waals surface area contributed by atoms with Crippen LogP contribution in [0, 0.1) is 0 Å². The zero-order valence-corrected chi connectivity index (χ0v) is 11.4. The van der Waals surface area contributed by atoms with Gasteiger partial charge in [0.15, 0.2) is 0 Å². The minimum Gasteiger partial charge on any atom is -0.508 e. The van der Waals surface area contributed by atoms with Gasteiger partial charge in [-0.25, -0.2) is 0 Å². The summed E-state index contributed by atoms with van der Waals surface area (Å²) in [7, 11) is 5.27. The summed E-state index contributed by atoms with van der Waals surface area (Å²) in [6.45, 7) is 1.69. The third-order valence-corrected chi connectivity index (χ3v) is 3.37. The smallest absolute Gasteiger partial charge is 0.121 e. The van der Waals surface area contributed by atoms with Crippen LogP contribution in [0.3, 0.4) is 0 Å². The van der Waals surface area contributed by atoms with Crippen molar-refractivity contribution in [3.8, 4) is 5.75 Å². The molecule has 0 aliphatic carbocycles. The van der Waals surface area contributed by atoms with Crippen molar-refractivity contribution in [3.63, 3.8) is 0 Å². The first-order valence-electron chi connectivity index (χ1n) is 5.98. The molecular weight excluding hydrogens is 230 g/mol. The van der Waals surface area contributed by atoms with Crippen molar-refractivity contribution in [2.75, 3.05) is 21.1 Å². The number of aliphatic hydroxyl groups is 1. The van der Waals surface area contributed by atoms with E-state index in [1.165, 1.54) is 0 Å². The second-order valence-corrected chi connectivity index (χ2v) is 4.62. The highest BCUT2D eigenvalue weighted by Gasteiger charge is 2.37. The molecule has 0 fully saturated rings. The Labute approximate surface area is 108 Å². The van der Waals surface area contributed by atoms with Crippen LogP contribution in [-0.2, 0) is 5.66 Å². The molecular formula is C13H23N3O2. The molecule has 102 valence electrons. The molecule has 0 amide bonds. The second-order valence-electron chi connectivity index (χ2n) is 4.62. The summed E-state index contributed by atoms with van der Waals surface area (Å²) in [6.07, 6.45) is 0.348. The van der Waals surface area contributed by atoms with Gasteiger partial charge in [-0.3, -0.25) is 16.0 Å². The van der Waals surface area contributed by atoms with Gasteiger partial charge in [-0.1, -0.05) is 18.2 Å². The molecule has 1 aromatic carbocycles. The Kier molecular flexibility index (Phi) is 4.70. The predicted octanol–water partition coefficient (Wildman–Crippen LogP) is 0.302. The van der Waals surface area contributed by atoms with E-state index >= 15 is 0 Å². The fraction of sp³-hybridized carbons (Fsp3) is 0.538. The highest BCUT2D eigenvalue weighted by molar-refractivity contribution is 5.37. The second kappa shape index (κ2) is 5.67. The van der Waals surface area contributed by atoms with Crippen LogP contribution in [0.1, 0.15) is 18.9 Å². The molecule has 0 saturated carbocycles. The maximum Gasteiger partial charge on any atom is 0.121 e. The van der Waals surface area contributed by atoms with E-state index in [0.29, 0.717) is 12.0 Å². The van der Waals surface area contributed by atoms with E-state index in [1.807, 2.05) is 12.1 Å². The van der Waals surface area contributed by atoms with E-state index in [4.69, 9.17) is 0 Å². The van der Waals surface area contributed by atoms with Gasteiger partial charge in [-0.05, 0) is 34.1 Å². The number of phenolic OH excluding ortho intramolecular Hbond substituents is 1. The van der Waals surface area contributed by atoms with Crippen LogP contribution in [0.5, 0.6) is 5.75 Å². The molecule has 0 saturated heterocycles. The molecule has 0 bridgehead atoms. The molecule has 0 aliphatic heterocycles. The molecule has 18 heavy (non-hydrogen) atoms. The number of phenols is 1. The lowest BCUT2D eigenvalue weighted by Crippen LogP contribution is -2.58. The van der Waals surface area contributed by atoms with Crippen LogP contribution >= 0.6 is 0 Å². The van der Waals surface area contributed by atoms with Gasteiger partial charge < -0.3 is 10.2 Å². The standard InChI is InChI=1S/C13H23N3O2/c1-12(18,14-2)9-13(15-3,16-4)10-7-5-6-8-11(10)17/h5-8,14-18H,9H2,1-4H3. The highest BCUT2D eigenvalue weighted by atomic mass is 16.3. The van der Waals surface area contributed by atoms with E-state index in [0.717, 1.165) is 0 Å². The minimum absolute atomic E-state index is 0.188. The van der Waals surface area contributed by atoms with E-state index < -0.39 is 11.4 Å². The number of aromatic hydroxyl groups is 1. The minimum atomic E-state index is -1.06. The van der Waals surface area contributed by atoms with Crippen molar-refractivity contribution >= 4 is 0 Å². The quantitative estimate of drug-likeness (QED) is 0.472. The molecule has 1 atom stereocenters. The summed E-state index contributed by atoms with van der Waals surface area (Å²) in [5.41, 5.74) is -1.07. The van der Waals surface area contributed by atoms with Crippen molar-refractivity contribution in [2.45, 2.75) is 24.7 Å². The van der Waals surface area contributed by atoms with Crippen LogP contribution in [0.15, 0.2) is 24.3 Å². The van der Waals surface area contributed by atoms with Crippen molar-refractivity contribution in [2.24, 2.45) is 0 Å². The SMILES string of the molecule is CNC(C)(O)CC(NC)(NC)c1ccccc1O. The Morgan fingerprint density at radius 3 is 2.06 bits per heavy atom. The fourth-order valence-electron chi connectivity index (χ4n) is 2.11. The maximum atomic E-state index is 10.2. The summed E-state index contributed by atoms with van der Waals surface area (Å²) >= 11 is 0. The van der Waals surface area contributed by atoms with Crippen LogP contribution in [0.2, 0.25) is 0 Å². The molecule has 0 radical (unpaired) electrons. The summed E-state index contributed by atoms with van der Waals surface area (Å²) in [4.78, 5) is 0. The Bertz CT molecular complexity index is 390. The van der Waals surface area contributed by atoms with E-state index in [9.17, 15) is 10.2 Å². The molecule has 1 rings (SSSR count). The molecule has 0 aromatic heterocycles. The molecule has 0 heterocycles. The van der Waals surface area contributed by atoms with Gasteiger partial charge in [0.05, 0.1) is 0 Å². The number of hydrogen-bond donors (Lipinski definition) is 5. The number of hydrogen-bond acceptors (Lipinski definition) is 5. The lowest BCUT2D eigenvalue weighted by Gasteiger charge is -2.39. The first kappa shape index (κ1) is 14.9. The molecule has 1 aromatic rings. The summed E-state index contributed by atoms with van der Waals surface area (Å²) in [5, 5.41) is 29.3. The van der Waals surface area contributed by atoms with Gasteiger partial charge in [-0.15, -0.1) is 0 Å². The Morgan fingerprint density at radius 2 is 1.61 bits per heavy atom. The lowest BCUT2D eigenvalue weighted by atomic mass is 9.90. The summed E-state index contributed by atoms with van der Waals surface area (Å²) < 4.78 is 0. The van der Waals surface area contributed by atoms with Crippen molar-refractivity contribution in [1.29, 1.82) is 0 Å².